The van der Waals surface area contributed by atoms with Gasteiger partial charge in [0.1, 0.15) is 5.69 Å². The summed E-state index contributed by atoms with van der Waals surface area (Å²) >= 11 is 0. The zero-order valence-electron chi connectivity index (χ0n) is 12.7. The minimum atomic E-state index is 0.775. The molecule has 1 aliphatic heterocycles. The van der Waals surface area contributed by atoms with Crippen molar-refractivity contribution in [2.75, 3.05) is 31.1 Å². The minimum absolute atomic E-state index is 0.775. The van der Waals surface area contributed by atoms with E-state index in [-0.39, 0.29) is 0 Å². The van der Waals surface area contributed by atoms with Gasteiger partial charge in [0.15, 0.2) is 5.82 Å². The van der Waals surface area contributed by atoms with E-state index in [1.807, 2.05) is 11.6 Å². The van der Waals surface area contributed by atoms with Gasteiger partial charge in [-0.15, -0.1) is 5.10 Å². The molecule has 0 bridgehead atoms. The molecule has 0 unspecified atom stereocenters. The minimum Gasteiger partial charge on any atom is -0.340 e. The molecule has 0 aromatic carbocycles. The number of H-pyrrole nitrogens is 1. The van der Waals surface area contributed by atoms with Gasteiger partial charge in [0.2, 0.25) is 5.95 Å². The molecule has 0 amide bonds. The number of hydrogen-bond donors (Lipinski definition) is 2. The third-order valence-electron chi connectivity index (χ3n) is 4.11. The van der Waals surface area contributed by atoms with Gasteiger partial charge in [0.05, 0.1) is 12.5 Å². The first-order chi connectivity index (χ1) is 10.3. The number of aryl methyl sites for hydroxylation is 1. The zero-order valence-corrected chi connectivity index (χ0v) is 12.7. The van der Waals surface area contributed by atoms with Gasteiger partial charge < -0.3 is 14.8 Å². The smallest absolute Gasteiger partial charge is 0.245 e. The molecule has 0 radical (unpaired) electrons. The number of aromatic amines is 1. The third-order valence-corrected chi connectivity index (χ3v) is 4.11. The highest BCUT2D eigenvalue weighted by molar-refractivity contribution is 5.50. The predicted octanol–water partition coefficient (Wildman–Crippen LogP) is 1.03. The Bertz CT molecular complexity index is 565. The summed E-state index contributed by atoms with van der Waals surface area (Å²) in [6.45, 7) is 6.38. The second-order valence-electron chi connectivity index (χ2n) is 5.61. The fraction of sp³-hybridized carbons (Fsp3) is 0.643. The van der Waals surface area contributed by atoms with Gasteiger partial charge in [-0.1, -0.05) is 6.92 Å². The largest absolute Gasteiger partial charge is 0.340 e. The highest BCUT2D eigenvalue weighted by atomic mass is 15.4. The number of nitrogens with zero attached hydrogens (tertiary/aromatic N) is 5. The Hall–Kier alpha value is -1.89. The first kappa shape index (κ1) is 14.1. The average molecular weight is 289 g/mol. The fourth-order valence-corrected chi connectivity index (χ4v) is 2.78. The van der Waals surface area contributed by atoms with E-state index >= 15 is 0 Å². The molecular weight excluding hydrogens is 266 g/mol. The molecule has 21 heavy (non-hydrogen) atoms. The van der Waals surface area contributed by atoms with Crippen molar-refractivity contribution in [1.29, 1.82) is 0 Å². The van der Waals surface area contributed by atoms with E-state index in [1.54, 1.807) is 12.5 Å². The van der Waals surface area contributed by atoms with Crippen LogP contribution in [0.2, 0.25) is 0 Å². The van der Waals surface area contributed by atoms with E-state index in [2.05, 4.69) is 37.3 Å². The van der Waals surface area contributed by atoms with E-state index in [9.17, 15) is 0 Å². The van der Waals surface area contributed by atoms with E-state index in [0.29, 0.717) is 0 Å². The summed E-state index contributed by atoms with van der Waals surface area (Å²) in [5.41, 5.74) is 0.954. The highest BCUT2D eigenvalue weighted by Crippen LogP contribution is 2.22. The number of aromatic nitrogens is 5. The summed E-state index contributed by atoms with van der Waals surface area (Å²) < 4.78 is 1.94. The topological polar surface area (TPSA) is 74.7 Å². The first-order valence-corrected chi connectivity index (χ1v) is 7.62. The Morgan fingerprint density at radius 1 is 1.38 bits per heavy atom. The van der Waals surface area contributed by atoms with Gasteiger partial charge in [-0.3, -0.25) is 5.10 Å². The van der Waals surface area contributed by atoms with Gasteiger partial charge in [-0.2, -0.15) is 4.98 Å². The average Bonchev–Trinajstić information content (AvgIpc) is 3.14. The number of imidazole rings is 1. The third kappa shape index (κ3) is 3.07. The molecular formula is C14H23N7. The highest BCUT2D eigenvalue weighted by Gasteiger charge is 2.22. The first-order valence-electron chi connectivity index (χ1n) is 7.62. The van der Waals surface area contributed by atoms with Gasteiger partial charge in [0, 0.05) is 20.1 Å². The summed E-state index contributed by atoms with van der Waals surface area (Å²) in [6, 6.07) is 0. The van der Waals surface area contributed by atoms with E-state index in [1.165, 1.54) is 12.8 Å². The number of anilines is 1. The molecule has 0 spiro atoms. The van der Waals surface area contributed by atoms with Gasteiger partial charge in [0.25, 0.3) is 0 Å². The van der Waals surface area contributed by atoms with Gasteiger partial charge in [-0.05, 0) is 31.8 Å². The monoisotopic (exact) mass is 289 g/mol. The number of rotatable bonds is 5. The molecule has 1 fully saturated rings. The molecule has 2 N–H and O–H groups in total. The molecule has 2 aromatic heterocycles. The van der Waals surface area contributed by atoms with Crippen molar-refractivity contribution in [3.05, 3.63) is 12.5 Å². The molecule has 3 heterocycles. The summed E-state index contributed by atoms with van der Waals surface area (Å²) in [7, 11) is 1.96. The molecule has 1 saturated heterocycles. The van der Waals surface area contributed by atoms with E-state index in [4.69, 9.17) is 0 Å². The molecule has 2 aromatic rings. The maximum absolute atomic E-state index is 4.61. The van der Waals surface area contributed by atoms with Crippen LogP contribution in [0.3, 0.4) is 0 Å². The summed E-state index contributed by atoms with van der Waals surface area (Å²) in [5.74, 6) is 2.35. The molecule has 3 rings (SSSR count). The van der Waals surface area contributed by atoms with Crippen molar-refractivity contribution >= 4 is 5.95 Å². The van der Waals surface area contributed by atoms with Crippen LogP contribution in [0.25, 0.3) is 11.5 Å². The van der Waals surface area contributed by atoms with Crippen LogP contribution in [0.1, 0.15) is 19.8 Å². The lowest BCUT2D eigenvalue weighted by atomic mass is 9.97. The number of hydrogen-bond acceptors (Lipinski definition) is 5. The Kier molecular flexibility index (Phi) is 4.19. The zero-order chi connectivity index (χ0) is 14.7. The van der Waals surface area contributed by atoms with Gasteiger partial charge in [-0.25, -0.2) is 4.98 Å². The van der Waals surface area contributed by atoms with Crippen molar-refractivity contribution in [2.45, 2.75) is 19.8 Å². The molecule has 0 aliphatic carbocycles. The molecule has 1 aliphatic rings. The van der Waals surface area contributed by atoms with Crippen molar-refractivity contribution in [3.63, 3.8) is 0 Å². The Morgan fingerprint density at radius 2 is 2.19 bits per heavy atom. The lowest BCUT2D eigenvalue weighted by molar-refractivity contribution is 0.384. The summed E-state index contributed by atoms with van der Waals surface area (Å²) in [5, 5.41) is 10.8. The molecule has 7 heteroatoms. The second-order valence-corrected chi connectivity index (χ2v) is 5.61. The van der Waals surface area contributed by atoms with Crippen LogP contribution in [0.5, 0.6) is 0 Å². The lowest BCUT2D eigenvalue weighted by Crippen LogP contribution is -2.37. The van der Waals surface area contributed by atoms with Crippen molar-refractivity contribution in [1.82, 2.24) is 30.0 Å². The van der Waals surface area contributed by atoms with Crippen LogP contribution < -0.4 is 10.2 Å². The predicted molar refractivity (Wildman–Crippen MR) is 82.1 cm³/mol. The normalized spacial score (nSPS) is 16.6. The van der Waals surface area contributed by atoms with E-state index in [0.717, 1.165) is 49.6 Å². The molecule has 114 valence electrons. The Labute approximate surface area is 124 Å². The van der Waals surface area contributed by atoms with E-state index < -0.39 is 0 Å². The van der Waals surface area contributed by atoms with Gasteiger partial charge >= 0.3 is 0 Å². The van der Waals surface area contributed by atoms with Crippen LogP contribution in [-0.2, 0) is 7.05 Å². The Balaban J connectivity index is 1.62. The maximum atomic E-state index is 4.61. The summed E-state index contributed by atoms with van der Waals surface area (Å²) in [6.07, 6.45) is 5.96. The molecule has 0 saturated carbocycles. The van der Waals surface area contributed by atoms with Crippen LogP contribution in [-0.4, -0.2) is 50.9 Å². The van der Waals surface area contributed by atoms with Crippen LogP contribution >= 0.6 is 0 Å². The quantitative estimate of drug-likeness (QED) is 0.860. The van der Waals surface area contributed by atoms with Crippen molar-refractivity contribution < 1.29 is 0 Å². The summed E-state index contributed by atoms with van der Waals surface area (Å²) in [4.78, 5) is 11.0. The second kappa shape index (κ2) is 6.26. The number of piperidine rings is 1. The molecule has 0 atom stereocenters. The SMILES string of the molecule is CCNCC1CCN(c2n[nH]c(-c3cncn3C)n2)CC1. The molecule has 7 nitrogen and oxygen atoms in total. The Morgan fingerprint density at radius 3 is 2.86 bits per heavy atom. The van der Waals surface area contributed by atoms with Crippen molar-refractivity contribution in [3.8, 4) is 11.5 Å². The van der Waals surface area contributed by atoms with Crippen LogP contribution in [0.4, 0.5) is 5.95 Å². The lowest BCUT2D eigenvalue weighted by Gasteiger charge is -2.31. The fourth-order valence-electron chi connectivity index (χ4n) is 2.78. The maximum Gasteiger partial charge on any atom is 0.245 e. The van der Waals surface area contributed by atoms with Crippen LogP contribution in [0, 0.1) is 5.92 Å². The van der Waals surface area contributed by atoms with Crippen LogP contribution in [0.15, 0.2) is 12.5 Å². The number of nitrogens with one attached hydrogen (secondary N) is 2. The van der Waals surface area contributed by atoms with Crippen molar-refractivity contribution in [2.24, 2.45) is 13.0 Å². The standard InChI is InChI=1S/C14H23N7/c1-3-15-8-11-4-6-21(7-5-11)14-17-13(18-19-14)12-9-16-10-20(12)2/h9-11,15H,3-8H2,1-2H3,(H,17,18,19).